The predicted octanol–water partition coefficient (Wildman–Crippen LogP) is 2.92. The van der Waals surface area contributed by atoms with E-state index >= 15 is 0 Å². The predicted molar refractivity (Wildman–Crippen MR) is 78.1 cm³/mol. The number of nitrogens with zero attached hydrogens (tertiary/aromatic N) is 3. The van der Waals surface area contributed by atoms with Crippen LogP contribution >= 0.6 is 0 Å². The SMILES string of the molecule is CC(=O)N(C)c1ccc(N=Cc2ccc([N+](=O)[O-])o2)cc1. The number of carbonyl (C=O) groups excluding carboxylic acids is 1. The molecule has 1 heterocycles. The first-order valence-corrected chi connectivity index (χ1v) is 6.10. The molecule has 7 heteroatoms. The molecule has 1 amide bonds. The summed E-state index contributed by atoms with van der Waals surface area (Å²) in [6, 6.07) is 9.74. The van der Waals surface area contributed by atoms with Crippen LogP contribution in [0, 0.1) is 10.1 Å². The molecule has 1 aromatic carbocycles. The molecular formula is C14H13N3O4. The summed E-state index contributed by atoms with van der Waals surface area (Å²) in [7, 11) is 1.68. The maximum Gasteiger partial charge on any atom is 0.433 e. The number of benzene rings is 1. The van der Waals surface area contributed by atoms with Crippen LogP contribution in [0.4, 0.5) is 17.3 Å². The van der Waals surface area contributed by atoms with E-state index in [-0.39, 0.29) is 11.8 Å². The number of carbonyl (C=O) groups is 1. The van der Waals surface area contributed by atoms with E-state index in [0.717, 1.165) is 5.69 Å². The highest BCUT2D eigenvalue weighted by atomic mass is 16.6. The van der Waals surface area contributed by atoms with E-state index in [4.69, 9.17) is 4.42 Å². The van der Waals surface area contributed by atoms with Crippen molar-refractivity contribution < 1.29 is 14.1 Å². The molecule has 7 nitrogen and oxygen atoms in total. The number of hydrogen-bond acceptors (Lipinski definition) is 5. The Morgan fingerprint density at radius 3 is 2.48 bits per heavy atom. The molecule has 2 rings (SSSR count). The molecule has 0 radical (unpaired) electrons. The number of hydrogen-bond donors (Lipinski definition) is 0. The first-order chi connectivity index (χ1) is 9.97. The van der Waals surface area contributed by atoms with E-state index in [1.54, 1.807) is 31.3 Å². The fraction of sp³-hybridized carbons (Fsp3) is 0.143. The van der Waals surface area contributed by atoms with Gasteiger partial charge < -0.3 is 9.32 Å². The van der Waals surface area contributed by atoms with E-state index in [2.05, 4.69) is 4.99 Å². The molecule has 0 fully saturated rings. The summed E-state index contributed by atoms with van der Waals surface area (Å²) in [6.07, 6.45) is 1.40. The number of rotatable bonds is 4. The van der Waals surface area contributed by atoms with Crippen molar-refractivity contribution in [2.24, 2.45) is 4.99 Å². The zero-order chi connectivity index (χ0) is 15.4. The van der Waals surface area contributed by atoms with Crippen LogP contribution in [0.2, 0.25) is 0 Å². The lowest BCUT2D eigenvalue weighted by Gasteiger charge is -2.14. The maximum absolute atomic E-state index is 11.2. The summed E-state index contributed by atoms with van der Waals surface area (Å²) in [5.41, 5.74) is 1.41. The molecule has 0 saturated carbocycles. The van der Waals surface area contributed by atoms with Gasteiger partial charge in [-0.3, -0.25) is 19.9 Å². The molecule has 108 valence electrons. The van der Waals surface area contributed by atoms with Crippen molar-refractivity contribution in [1.29, 1.82) is 0 Å². The first kappa shape index (κ1) is 14.4. The number of anilines is 1. The van der Waals surface area contributed by atoms with Gasteiger partial charge in [0.25, 0.3) is 0 Å². The summed E-state index contributed by atoms with van der Waals surface area (Å²) in [4.78, 5) is 26.8. The van der Waals surface area contributed by atoms with Gasteiger partial charge in [0.1, 0.15) is 4.92 Å². The Kier molecular flexibility index (Phi) is 4.13. The van der Waals surface area contributed by atoms with Crippen LogP contribution in [-0.2, 0) is 4.79 Å². The Morgan fingerprint density at radius 1 is 1.29 bits per heavy atom. The number of aliphatic imine (C=N–C) groups is 1. The number of amides is 1. The van der Waals surface area contributed by atoms with Crippen LogP contribution < -0.4 is 4.90 Å². The van der Waals surface area contributed by atoms with Gasteiger partial charge in [-0.15, -0.1) is 0 Å². The summed E-state index contributed by atoms with van der Waals surface area (Å²) in [6.45, 7) is 1.48. The van der Waals surface area contributed by atoms with E-state index < -0.39 is 4.92 Å². The topological polar surface area (TPSA) is 89.0 Å². The lowest BCUT2D eigenvalue weighted by atomic mass is 10.2. The maximum atomic E-state index is 11.2. The zero-order valence-corrected chi connectivity index (χ0v) is 11.5. The average Bonchev–Trinajstić information content (AvgIpc) is 2.94. The molecule has 0 aliphatic carbocycles. The van der Waals surface area contributed by atoms with Crippen molar-refractivity contribution in [1.82, 2.24) is 0 Å². The Hall–Kier alpha value is -2.96. The number of nitro groups is 1. The second kappa shape index (κ2) is 6.00. The fourth-order valence-corrected chi connectivity index (χ4v) is 1.59. The highest BCUT2D eigenvalue weighted by Crippen LogP contribution is 2.20. The number of furan rings is 1. The van der Waals surface area contributed by atoms with Gasteiger partial charge in [-0.25, -0.2) is 0 Å². The highest BCUT2D eigenvalue weighted by molar-refractivity contribution is 5.91. The van der Waals surface area contributed by atoms with Crippen molar-refractivity contribution in [3.8, 4) is 0 Å². The standard InChI is InChI=1S/C14H13N3O4/c1-10(18)16(2)12-5-3-11(4-6-12)15-9-13-7-8-14(21-13)17(19)20/h3-9H,1-2H3. The minimum Gasteiger partial charge on any atom is -0.400 e. The van der Waals surface area contributed by atoms with Crippen molar-refractivity contribution >= 4 is 29.4 Å². The van der Waals surface area contributed by atoms with Gasteiger partial charge in [-0.05, 0) is 30.3 Å². The fourth-order valence-electron chi connectivity index (χ4n) is 1.59. The van der Waals surface area contributed by atoms with Crippen LogP contribution in [0.15, 0.2) is 45.8 Å². The van der Waals surface area contributed by atoms with Crippen molar-refractivity contribution in [3.05, 3.63) is 52.3 Å². The molecule has 0 N–H and O–H groups in total. The lowest BCUT2D eigenvalue weighted by Crippen LogP contribution is -2.22. The van der Waals surface area contributed by atoms with Crippen LogP contribution in [0.3, 0.4) is 0 Å². The Labute approximate surface area is 120 Å². The summed E-state index contributed by atoms with van der Waals surface area (Å²) in [5.74, 6) is -0.0874. The second-order valence-corrected chi connectivity index (χ2v) is 4.29. The van der Waals surface area contributed by atoms with Crippen LogP contribution in [0.25, 0.3) is 0 Å². The minimum absolute atomic E-state index is 0.0610. The van der Waals surface area contributed by atoms with E-state index in [1.807, 2.05) is 0 Å². The summed E-state index contributed by atoms with van der Waals surface area (Å²) >= 11 is 0. The molecule has 0 unspecified atom stereocenters. The van der Waals surface area contributed by atoms with E-state index in [0.29, 0.717) is 11.4 Å². The molecule has 2 aromatic rings. The quantitative estimate of drug-likeness (QED) is 0.491. The molecule has 0 atom stereocenters. The molecule has 0 bridgehead atoms. The van der Waals surface area contributed by atoms with E-state index in [1.165, 1.54) is 30.2 Å². The Bertz CT molecular complexity index is 688. The average molecular weight is 287 g/mol. The van der Waals surface area contributed by atoms with Crippen molar-refractivity contribution in [2.45, 2.75) is 6.92 Å². The lowest BCUT2D eigenvalue weighted by molar-refractivity contribution is -0.402. The highest BCUT2D eigenvalue weighted by Gasteiger charge is 2.10. The third-order valence-corrected chi connectivity index (χ3v) is 2.84. The second-order valence-electron chi connectivity index (χ2n) is 4.29. The minimum atomic E-state index is -0.607. The molecule has 21 heavy (non-hydrogen) atoms. The molecule has 0 spiro atoms. The van der Waals surface area contributed by atoms with Crippen LogP contribution in [0.1, 0.15) is 12.7 Å². The molecular weight excluding hydrogens is 274 g/mol. The third-order valence-electron chi connectivity index (χ3n) is 2.84. The van der Waals surface area contributed by atoms with Gasteiger partial charge in [0.15, 0.2) is 5.76 Å². The summed E-state index contributed by atoms with van der Waals surface area (Å²) in [5, 5.41) is 10.5. The van der Waals surface area contributed by atoms with Gasteiger partial charge >= 0.3 is 5.88 Å². The molecule has 0 saturated heterocycles. The van der Waals surface area contributed by atoms with Gasteiger partial charge in [0.05, 0.1) is 18.0 Å². The van der Waals surface area contributed by atoms with Crippen LogP contribution in [-0.4, -0.2) is 24.1 Å². The molecule has 0 aliphatic rings. The van der Waals surface area contributed by atoms with Crippen molar-refractivity contribution in [2.75, 3.05) is 11.9 Å². The van der Waals surface area contributed by atoms with Gasteiger partial charge in [0.2, 0.25) is 5.91 Å². The van der Waals surface area contributed by atoms with Crippen LogP contribution in [0.5, 0.6) is 0 Å². The van der Waals surface area contributed by atoms with Crippen molar-refractivity contribution in [3.63, 3.8) is 0 Å². The molecule has 1 aromatic heterocycles. The third kappa shape index (κ3) is 3.53. The Morgan fingerprint density at radius 2 is 1.95 bits per heavy atom. The smallest absolute Gasteiger partial charge is 0.400 e. The first-order valence-electron chi connectivity index (χ1n) is 6.10. The van der Waals surface area contributed by atoms with E-state index in [9.17, 15) is 14.9 Å². The zero-order valence-electron chi connectivity index (χ0n) is 11.5. The van der Waals surface area contributed by atoms with Gasteiger partial charge in [-0.1, -0.05) is 0 Å². The largest absolute Gasteiger partial charge is 0.433 e. The van der Waals surface area contributed by atoms with Gasteiger partial charge in [0, 0.05) is 19.7 Å². The van der Waals surface area contributed by atoms with Gasteiger partial charge in [-0.2, -0.15) is 0 Å². The molecule has 0 aliphatic heterocycles. The normalized spacial score (nSPS) is 10.8. The Balaban J connectivity index is 2.10. The summed E-state index contributed by atoms with van der Waals surface area (Å²) < 4.78 is 4.96. The monoisotopic (exact) mass is 287 g/mol.